The second-order valence-corrected chi connectivity index (χ2v) is 7.40. The van der Waals surface area contributed by atoms with Crippen LogP contribution in [-0.2, 0) is 6.61 Å². The van der Waals surface area contributed by atoms with E-state index in [2.05, 4.69) is 6.07 Å². The summed E-state index contributed by atoms with van der Waals surface area (Å²) in [5, 5.41) is 21.2. The fourth-order valence-corrected chi connectivity index (χ4v) is 3.54. The molecule has 3 aromatic rings. The summed E-state index contributed by atoms with van der Waals surface area (Å²) >= 11 is 18.8. The van der Waals surface area contributed by atoms with E-state index in [0.717, 1.165) is 5.56 Å². The second kappa shape index (κ2) is 9.64. The van der Waals surface area contributed by atoms with Crippen LogP contribution in [0.3, 0.4) is 0 Å². The number of rotatable bonds is 6. The van der Waals surface area contributed by atoms with Gasteiger partial charge in [0.05, 0.1) is 26.6 Å². The predicted octanol–water partition coefficient (Wildman–Crippen LogP) is 7.20. The van der Waals surface area contributed by atoms with Crippen LogP contribution >= 0.6 is 34.8 Å². The third-order valence-corrected chi connectivity index (χ3v) is 5.04. The van der Waals surface area contributed by atoms with Crippen molar-refractivity contribution < 1.29 is 9.66 Å². The van der Waals surface area contributed by atoms with Gasteiger partial charge in [-0.1, -0.05) is 53.0 Å². The quantitative estimate of drug-likeness (QED) is 0.169. The lowest BCUT2D eigenvalue weighted by Gasteiger charge is -2.11. The molecule has 0 bridgehead atoms. The molecule has 0 aliphatic carbocycles. The van der Waals surface area contributed by atoms with Crippen LogP contribution in [0.15, 0.2) is 60.7 Å². The third-order valence-electron chi connectivity index (χ3n) is 4.15. The molecule has 0 radical (unpaired) electrons. The lowest BCUT2D eigenvalue weighted by atomic mass is 10.0. The van der Waals surface area contributed by atoms with Gasteiger partial charge in [-0.15, -0.1) is 0 Å². The zero-order valence-corrected chi connectivity index (χ0v) is 17.6. The van der Waals surface area contributed by atoms with Crippen LogP contribution in [0.2, 0.25) is 15.1 Å². The zero-order chi connectivity index (χ0) is 21.7. The molecule has 3 rings (SSSR count). The van der Waals surface area contributed by atoms with Crippen LogP contribution in [0.1, 0.15) is 16.7 Å². The van der Waals surface area contributed by atoms with E-state index >= 15 is 0 Å². The van der Waals surface area contributed by atoms with E-state index in [1.165, 1.54) is 12.1 Å². The summed E-state index contributed by atoms with van der Waals surface area (Å²) in [6.45, 7) is 0.135. The summed E-state index contributed by atoms with van der Waals surface area (Å²) < 4.78 is 5.70. The number of nitro benzene ring substituents is 1. The molecule has 0 fully saturated rings. The zero-order valence-electron chi connectivity index (χ0n) is 15.3. The molecule has 0 atom stereocenters. The molecule has 3 aromatic carbocycles. The van der Waals surface area contributed by atoms with Crippen molar-refractivity contribution in [2.24, 2.45) is 0 Å². The van der Waals surface area contributed by atoms with Gasteiger partial charge in [-0.25, -0.2) is 0 Å². The average Bonchev–Trinajstić information content (AvgIpc) is 2.72. The van der Waals surface area contributed by atoms with Crippen LogP contribution in [0.25, 0.3) is 11.6 Å². The van der Waals surface area contributed by atoms with Crippen molar-refractivity contribution in [1.82, 2.24) is 0 Å². The Morgan fingerprint density at radius 2 is 1.67 bits per heavy atom. The second-order valence-electron chi connectivity index (χ2n) is 6.18. The number of non-ortho nitro benzene ring substituents is 1. The minimum atomic E-state index is -0.470. The van der Waals surface area contributed by atoms with Gasteiger partial charge >= 0.3 is 0 Å². The molecule has 0 spiro atoms. The molecule has 0 saturated carbocycles. The van der Waals surface area contributed by atoms with Gasteiger partial charge in [0.2, 0.25) is 0 Å². The van der Waals surface area contributed by atoms with Gasteiger partial charge in [-0.2, -0.15) is 5.26 Å². The molecule has 0 amide bonds. The lowest BCUT2D eigenvalue weighted by Crippen LogP contribution is -1.97. The van der Waals surface area contributed by atoms with Crippen molar-refractivity contribution in [2.75, 3.05) is 0 Å². The number of allylic oxidation sites excluding steroid dienone is 1. The SMILES string of the molecule is N#CC(=Cc1cc(Cl)c(OCc2ccc([N+](=O)[O-])cc2)c(Cl)c1)c1ccccc1Cl. The molecule has 0 heterocycles. The Balaban J connectivity index is 1.82. The maximum atomic E-state index is 10.7. The van der Waals surface area contributed by atoms with Gasteiger partial charge in [0.1, 0.15) is 6.61 Å². The first kappa shape index (κ1) is 21.7. The number of benzene rings is 3. The fourth-order valence-electron chi connectivity index (χ4n) is 2.69. The van der Waals surface area contributed by atoms with Crippen molar-refractivity contribution in [3.63, 3.8) is 0 Å². The number of ether oxygens (including phenoxy) is 1. The van der Waals surface area contributed by atoms with Crippen LogP contribution < -0.4 is 4.74 Å². The first-order chi connectivity index (χ1) is 14.4. The molecule has 0 aliphatic rings. The molecule has 0 unspecified atom stereocenters. The van der Waals surface area contributed by atoms with Crippen LogP contribution in [0.5, 0.6) is 5.75 Å². The minimum Gasteiger partial charge on any atom is -0.486 e. The molecule has 0 saturated heterocycles. The highest BCUT2D eigenvalue weighted by molar-refractivity contribution is 6.37. The number of hydrogen-bond donors (Lipinski definition) is 0. The Hall–Kier alpha value is -3.04. The third kappa shape index (κ3) is 5.11. The molecule has 0 aromatic heterocycles. The summed E-state index contributed by atoms with van der Waals surface area (Å²) in [5.74, 6) is 0.282. The van der Waals surface area contributed by atoms with Gasteiger partial charge in [-0.05, 0) is 47.5 Å². The molecule has 0 N–H and O–H groups in total. The van der Waals surface area contributed by atoms with Gasteiger partial charge in [0, 0.05) is 22.7 Å². The molecule has 0 aliphatic heterocycles. The predicted molar refractivity (Wildman–Crippen MR) is 119 cm³/mol. The number of nitro groups is 1. The number of halogens is 3. The fraction of sp³-hybridized carbons (Fsp3) is 0.0455. The Kier molecular flexibility index (Phi) is 6.96. The Bertz CT molecular complexity index is 1150. The molecular weight excluding hydrogens is 447 g/mol. The molecule has 8 heteroatoms. The Labute approximate surface area is 187 Å². The highest BCUT2D eigenvalue weighted by atomic mass is 35.5. The first-order valence-corrected chi connectivity index (χ1v) is 9.74. The van der Waals surface area contributed by atoms with Crippen LogP contribution in [0.4, 0.5) is 5.69 Å². The molecular formula is C22H13Cl3N2O3. The van der Waals surface area contributed by atoms with Gasteiger partial charge in [0.25, 0.3) is 5.69 Å². The molecule has 5 nitrogen and oxygen atoms in total. The highest BCUT2D eigenvalue weighted by Crippen LogP contribution is 2.36. The van der Waals surface area contributed by atoms with Crippen molar-refractivity contribution in [3.8, 4) is 11.8 Å². The highest BCUT2D eigenvalue weighted by Gasteiger charge is 2.12. The summed E-state index contributed by atoms with van der Waals surface area (Å²) in [6.07, 6.45) is 1.64. The normalized spacial score (nSPS) is 11.1. The van der Waals surface area contributed by atoms with Gasteiger partial charge in [0.15, 0.2) is 5.75 Å². The molecule has 150 valence electrons. The van der Waals surface area contributed by atoms with Crippen molar-refractivity contribution >= 4 is 52.1 Å². The van der Waals surface area contributed by atoms with Gasteiger partial charge < -0.3 is 4.74 Å². The summed E-state index contributed by atoms with van der Waals surface area (Å²) in [6, 6.07) is 18.4. The van der Waals surface area contributed by atoms with E-state index in [4.69, 9.17) is 39.5 Å². The summed E-state index contributed by atoms with van der Waals surface area (Å²) in [5.41, 5.74) is 2.31. The van der Waals surface area contributed by atoms with E-state index in [-0.39, 0.29) is 28.1 Å². The topological polar surface area (TPSA) is 76.2 Å². The average molecular weight is 460 g/mol. The van der Waals surface area contributed by atoms with Crippen LogP contribution in [0, 0.1) is 21.4 Å². The maximum absolute atomic E-state index is 10.7. The van der Waals surface area contributed by atoms with E-state index in [9.17, 15) is 15.4 Å². The van der Waals surface area contributed by atoms with E-state index in [0.29, 0.717) is 21.7 Å². The standard InChI is InChI=1S/C22H13Cl3N2O3/c23-19-4-2-1-3-18(19)16(12-26)9-15-10-20(24)22(21(25)11-15)30-13-14-5-7-17(8-6-14)27(28)29/h1-11H,13H2. The smallest absolute Gasteiger partial charge is 0.269 e. The monoisotopic (exact) mass is 458 g/mol. The van der Waals surface area contributed by atoms with Crippen molar-refractivity contribution in [2.45, 2.75) is 6.61 Å². The Morgan fingerprint density at radius 1 is 1.03 bits per heavy atom. The summed E-state index contributed by atoms with van der Waals surface area (Å²) in [4.78, 5) is 10.3. The number of nitrogens with zero attached hydrogens (tertiary/aromatic N) is 2. The largest absolute Gasteiger partial charge is 0.486 e. The first-order valence-electron chi connectivity index (χ1n) is 8.61. The number of hydrogen-bond acceptors (Lipinski definition) is 4. The van der Waals surface area contributed by atoms with E-state index in [1.807, 2.05) is 0 Å². The maximum Gasteiger partial charge on any atom is 0.269 e. The van der Waals surface area contributed by atoms with Crippen LogP contribution in [-0.4, -0.2) is 4.92 Å². The summed E-state index contributed by atoms with van der Waals surface area (Å²) in [7, 11) is 0. The minimum absolute atomic E-state index is 0.00206. The van der Waals surface area contributed by atoms with E-state index < -0.39 is 4.92 Å². The van der Waals surface area contributed by atoms with Crippen molar-refractivity contribution in [3.05, 3.63) is 103 Å². The molecule has 30 heavy (non-hydrogen) atoms. The van der Waals surface area contributed by atoms with Crippen molar-refractivity contribution in [1.29, 1.82) is 5.26 Å². The number of nitriles is 1. The lowest BCUT2D eigenvalue weighted by molar-refractivity contribution is -0.384. The Morgan fingerprint density at radius 3 is 2.23 bits per heavy atom. The van der Waals surface area contributed by atoms with E-state index in [1.54, 1.807) is 54.6 Å². The van der Waals surface area contributed by atoms with Gasteiger partial charge in [-0.3, -0.25) is 10.1 Å².